The average Bonchev–Trinajstić information content (AvgIpc) is 3.15. The summed E-state index contributed by atoms with van der Waals surface area (Å²) in [6.45, 7) is 6.11. The van der Waals surface area contributed by atoms with Crippen molar-refractivity contribution in [1.82, 2.24) is 24.9 Å². The van der Waals surface area contributed by atoms with E-state index < -0.39 is 0 Å². The van der Waals surface area contributed by atoms with Gasteiger partial charge in [0.2, 0.25) is 5.76 Å². The molecule has 1 atom stereocenters. The lowest BCUT2D eigenvalue weighted by molar-refractivity contribution is 0.0578. The number of aryl methyl sites for hydroxylation is 1. The third kappa shape index (κ3) is 3.40. The van der Waals surface area contributed by atoms with Crippen LogP contribution in [0.5, 0.6) is 0 Å². The summed E-state index contributed by atoms with van der Waals surface area (Å²) in [6.07, 6.45) is 3.63. The molecule has 2 aromatic rings. The molecule has 1 N–H and O–H groups in total. The Hall–Kier alpha value is -1.86. The summed E-state index contributed by atoms with van der Waals surface area (Å²) in [7, 11) is 1.94. The fourth-order valence-electron chi connectivity index (χ4n) is 2.68. The second kappa shape index (κ2) is 7.14. The highest BCUT2D eigenvalue weighted by atomic mass is 35.5. The molecule has 0 aromatic carbocycles. The zero-order chi connectivity index (χ0) is 15.7. The van der Waals surface area contributed by atoms with Gasteiger partial charge < -0.3 is 19.3 Å². The van der Waals surface area contributed by atoms with Crippen LogP contribution in [0.2, 0.25) is 0 Å². The molecule has 3 heterocycles. The van der Waals surface area contributed by atoms with Crippen LogP contribution < -0.4 is 5.32 Å². The van der Waals surface area contributed by atoms with Crippen LogP contribution in [0.15, 0.2) is 23.0 Å². The van der Waals surface area contributed by atoms with Crippen LogP contribution in [0.1, 0.15) is 47.9 Å². The van der Waals surface area contributed by atoms with Crippen molar-refractivity contribution in [2.24, 2.45) is 7.05 Å². The molecule has 1 fully saturated rings. The molecule has 1 saturated heterocycles. The number of imidazole rings is 1. The number of nitrogens with zero attached hydrogens (tertiary/aromatic N) is 4. The van der Waals surface area contributed by atoms with E-state index in [9.17, 15) is 4.79 Å². The molecule has 8 heteroatoms. The van der Waals surface area contributed by atoms with Gasteiger partial charge in [0.15, 0.2) is 0 Å². The third-order valence-electron chi connectivity index (χ3n) is 3.99. The van der Waals surface area contributed by atoms with Crippen LogP contribution in [0.25, 0.3) is 0 Å². The fourth-order valence-corrected chi connectivity index (χ4v) is 2.68. The molecular weight excluding hydrogens is 318 g/mol. The van der Waals surface area contributed by atoms with Gasteiger partial charge in [-0.15, -0.1) is 12.4 Å². The van der Waals surface area contributed by atoms with E-state index in [-0.39, 0.29) is 30.3 Å². The van der Waals surface area contributed by atoms with Crippen molar-refractivity contribution in [1.29, 1.82) is 0 Å². The van der Waals surface area contributed by atoms with Crippen molar-refractivity contribution in [2.45, 2.75) is 25.8 Å². The Kier molecular flexibility index (Phi) is 5.43. The monoisotopic (exact) mass is 339 g/mol. The number of nitrogens with one attached hydrogen (secondary N) is 1. The summed E-state index contributed by atoms with van der Waals surface area (Å²) in [6, 6.07) is 1.64. The van der Waals surface area contributed by atoms with Gasteiger partial charge in [-0.2, -0.15) is 0 Å². The molecule has 1 amide bonds. The van der Waals surface area contributed by atoms with Crippen molar-refractivity contribution in [3.05, 3.63) is 35.7 Å². The van der Waals surface area contributed by atoms with Crippen LogP contribution >= 0.6 is 12.4 Å². The van der Waals surface area contributed by atoms with E-state index in [0.717, 1.165) is 18.1 Å². The first kappa shape index (κ1) is 17.5. The first-order valence-corrected chi connectivity index (χ1v) is 7.53. The van der Waals surface area contributed by atoms with Gasteiger partial charge in [0.05, 0.1) is 5.69 Å². The largest absolute Gasteiger partial charge is 0.351 e. The fraction of sp³-hybridized carbons (Fsp3) is 0.533. The highest BCUT2D eigenvalue weighted by Crippen LogP contribution is 2.24. The number of carbonyl (C=O) groups is 1. The van der Waals surface area contributed by atoms with E-state index in [1.54, 1.807) is 12.3 Å². The molecule has 0 spiro atoms. The molecule has 0 saturated carbocycles. The van der Waals surface area contributed by atoms with Gasteiger partial charge >= 0.3 is 0 Å². The highest BCUT2D eigenvalue weighted by Gasteiger charge is 2.32. The maximum Gasteiger partial charge on any atom is 0.293 e. The van der Waals surface area contributed by atoms with Crippen molar-refractivity contribution < 1.29 is 9.32 Å². The molecule has 126 valence electrons. The molecule has 0 radical (unpaired) electrons. The Bertz CT molecular complexity index is 666. The Morgan fingerprint density at radius 3 is 2.87 bits per heavy atom. The summed E-state index contributed by atoms with van der Waals surface area (Å²) in [4.78, 5) is 19.0. The number of carbonyl (C=O) groups excluding carboxylic acids is 1. The van der Waals surface area contributed by atoms with Gasteiger partial charge in [0.1, 0.15) is 11.9 Å². The minimum absolute atomic E-state index is 0. The van der Waals surface area contributed by atoms with Crippen LogP contribution in [0.3, 0.4) is 0 Å². The molecule has 1 aliphatic heterocycles. The Labute approximate surface area is 141 Å². The number of aromatic nitrogens is 3. The first-order valence-electron chi connectivity index (χ1n) is 7.53. The quantitative estimate of drug-likeness (QED) is 0.921. The minimum Gasteiger partial charge on any atom is -0.351 e. The maximum atomic E-state index is 12.8. The third-order valence-corrected chi connectivity index (χ3v) is 3.99. The van der Waals surface area contributed by atoms with Gasteiger partial charge in [-0.1, -0.05) is 19.0 Å². The van der Waals surface area contributed by atoms with Crippen LogP contribution in [0, 0.1) is 0 Å². The maximum absolute atomic E-state index is 12.8. The molecule has 2 aromatic heterocycles. The molecular formula is C15H22ClN5O2. The molecule has 3 rings (SSSR count). The highest BCUT2D eigenvalue weighted by molar-refractivity contribution is 5.91. The molecule has 7 nitrogen and oxygen atoms in total. The SMILES string of the molecule is CC(C)c1cc(C(=O)N2CCNCC2c2nccn2C)on1.Cl. The number of amides is 1. The normalized spacial score (nSPS) is 18.1. The van der Waals surface area contributed by atoms with Gasteiger partial charge in [-0.3, -0.25) is 4.79 Å². The predicted molar refractivity (Wildman–Crippen MR) is 87.7 cm³/mol. The number of piperazine rings is 1. The van der Waals surface area contributed by atoms with E-state index in [1.165, 1.54) is 0 Å². The number of halogens is 1. The van der Waals surface area contributed by atoms with E-state index in [2.05, 4.69) is 15.5 Å². The topological polar surface area (TPSA) is 76.2 Å². The summed E-state index contributed by atoms with van der Waals surface area (Å²) in [5, 5.41) is 7.29. The summed E-state index contributed by atoms with van der Waals surface area (Å²) in [5.41, 5.74) is 0.798. The second-order valence-corrected chi connectivity index (χ2v) is 5.89. The standard InChI is InChI=1S/C15H21N5O2.ClH/c1-10(2)11-8-13(22-18-11)15(21)20-7-4-16-9-12(20)14-17-5-6-19(14)3;/h5-6,8,10,12,16H,4,7,9H2,1-3H3;1H. The van der Waals surface area contributed by atoms with E-state index >= 15 is 0 Å². The summed E-state index contributed by atoms with van der Waals surface area (Å²) >= 11 is 0. The van der Waals surface area contributed by atoms with E-state index in [0.29, 0.717) is 18.8 Å². The van der Waals surface area contributed by atoms with Gasteiger partial charge in [0, 0.05) is 45.1 Å². The lowest BCUT2D eigenvalue weighted by Crippen LogP contribution is -2.49. The van der Waals surface area contributed by atoms with Gasteiger partial charge in [-0.25, -0.2) is 4.98 Å². The van der Waals surface area contributed by atoms with Crippen molar-refractivity contribution in [3.63, 3.8) is 0 Å². The Morgan fingerprint density at radius 2 is 2.26 bits per heavy atom. The Balaban J connectivity index is 0.00000192. The van der Waals surface area contributed by atoms with E-state index in [1.807, 2.05) is 36.6 Å². The summed E-state index contributed by atoms with van der Waals surface area (Å²) in [5.74, 6) is 1.27. The van der Waals surface area contributed by atoms with Crippen LogP contribution in [0.4, 0.5) is 0 Å². The van der Waals surface area contributed by atoms with Crippen molar-refractivity contribution >= 4 is 18.3 Å². The van der Waals surface area contributed by atoms with Crippen LogP contribution in [-0.2, 0) is 7.05 Å². The summed E-state index contributed by atoms with van der Waals surface area (Å²) < 4.78 is 7.19. The molecule has 1 unspecified atom stereocenters. The molecule has 23 heavy (non-hydrogen) atoms. The smallest absolute Gasteiger partial charge is 0.293 e. The zero-order valence-electron chi connectivity index (χ0n) is 13.5. The lowest BCUT2D eigenvalue weighted by atomic mass is 10.1. The number of hydrogen-bond acceptors (Lipinski definition) is 5. The molecule has 0 bridgehead atoms. The zero-order valence-corrected chi connectivity index (χ0v) is 14.3. The van der Waals surface area contributed by atoms with Gasteiger partial charge in [0.25, 0.3) is 5.91 Å². The second-order valence-electron chi connectivity index (χ2n) is 5.89. The lowest BCUT2D eigenvalue weighted by Gasteiger charge is -2.35. The first-order chi connectivity index (χ1) is 10.6. The molecule has 0 aliphatic carbocycles. The van der Waals surface area contributed by atoms with Crippen molar-refractivity contribution in [3.8, 4) is 0 Å². The minimum atomic E-state index is -0.131. The number of hydrogen-bond donors (Lipinski definition) is 1. The average molecular weight is 340 g/mol. The Morgan fingerprint density at radius 1 is 1.48 bits per heavy atom. The van der Waals surface area contributed by atoms with Gasteiger partial charge in [-0.05, 0) is 5.92 Å². The van der Waals surface area contributed by atoms with Crippen molar-refractivity contribution in [2.75, 3.05) is 19.6 Å². The van der Waals surface area contributed by atoms with E-state index in [4.69, 9.17) is 4.52 Å². The molecule has 1 aliphatic rings. The predicted octanol–water partition coefficient (Wildman–Crippen LogP) is 1.74. The van der Waals surface area contributed by atoms with Crippen LogP contribution in [-0.4, -0.2) is 45.1 Å². The number of rotatable bonds is 3.